The van der Waals surface area contributed by atoms with Crippen LogP contribution in [-0.4, -0.2) is 12.5 Å². The number of hydrogen-bond acceptors (Lipinski definition) is 2. The van der Waals surface area contributed by atoms with Gasteiger partial charge in [0.15, 0.2) is 0 Å². The molecule has 0 bridgehead atoms. The summed E-state index contributed by atoms with van der Waals surface area (Å²) in [5, 5.41) is 5.23. The molecule has 3 aromatic carbocycles. The zero-order valence-corrected chi connectivity index (χ0v) is 13.8. The molecule has 24 heavy (non-hydrogen) atoms. The molecule has 0 saturated heterocycles. The minimum absolute atomic E-state index is 0.0427. The Balaban J connectivity index is 1.76. The molecule has 0 heterocycles. The number of hydrogen-bond donors (Lipinski definition) is 1. The molecule has 3 rings (SSSR count). The highest BCUT2D eigenvalue weighted by atomic mass is 16.5. The molecule has 1 amide bonds. The third-order valence-electron chi connectivity index (χ3n) is 3.85. The fraction of sp³-hybridized carbons (Fsp3) is 0.190. The zero-order chi connectivity index (χ0) is 16.8. The molecule has 0 unspecified atom stereocenters. The summed E-state index contributed by atoms with van der Waals surface area (Å²) in [5.41, 5.74) is 1.74. The molecular formula is C21H21NO2. The van der Waals surface area contributed by atoms with E-state index in [2.05, 4.69) is 30.4 Å². The maximum Gasteiger partial charge on any atom is 0.228 e. The number of benzene rings is 3. The molecule has 0 atom stereocenters. The van der Waals surface area contributed by atoms with E-state index >= 15 is 0 Å². The third-order valence-corrected chi connectivity index (χ3v) is 3.85. The van der Waals surface area contributed by atoms with Gasteiger partial charge >= 0.3 is 0 Å². The Hall–Kier alpha value is -2.81. The van der Waals surface area contributed by atoms with Gasteiger partial charge in [0.05, 0.1) is 18.7 Å². The SMILES string of the molecule is CCCOc1ccccc1NC(=O)Cc1cccc2ccccc12. The van der Waals surface area contributed by atoms with E-state index in [9.17, 15) is 4.79 Å². The largest absolute Gasteiger partial charge is 0.491 e. The van der Waals surface area contributed by atoms with Crippen LogP contribution in [0.3, 0.4) is 0 Å². The predicted molar refractivity (Wildman–Crippen MR) is 98.5 cm³/mol. The van der Waals surface area contributed by atoms with Gasteiger partial charge in [-0.05, 0) is 34.9 Å². The lowest BCUT2D eigenvalue weighted by Gasteiger charge is -2.12. The quantitative estimate of drug-likeness (QED) is 0.708. The van der Waals surface area contributed by atoms with Crippen molar-refractivity contribution in [3.05, 3.63) is 72.3 Å². The van der Waals surface area contributed by atoms with E-state index in [-0.39, 0.29) is 5.91 Å². The zero-order valence-electron chi connectivity index (χ0n) is 13.8. The average molecular weight is 319 g/mol. The molecule has 0 aliphatic carbocycles. The first-order valence-corrected chi connectivity index (χ1v) is 8.26. The number of rotatable bonds is 6. The van der Waals surface area contributed by atoms with Gasteiger partial charge in [0.25, 0.3) is 0 Å². The van der Waals surface area contributed by atoms with Crippen molar-refractivity contribution in [1.82, 2.24) is 0 Å². The molecule has 1 N–H and O–H groups in total. The van der Waals surface area contributed by atoms with Gasteiger partial charge in [-0.1, -0.05) is 61.5 Å². The lowest BCUT2D eigenvalue weighted by Crippen LogP contribution is -2.15. The molecule has 0 fully saturated rings. The second kappa shape index (κ2) is 7.64. The summed E-state index contributed by atoms with van der Waals surface area (Å²) in [5.74, 6) is 0.671. The van der Waals surface area contributed by atoms with Crippen molar-refractivity contribution in [2.45, 2.75) is 19.8 Å². The third kappa shape index (κ3) is 3.74. The normalized spacial score (nSPS) is 10.5. The highest BCUT2D eigenvalue weighted by Gasteiger charge is 2.10. The number of carbonyl (C=O) groups is 1. The van der Waals surface area contributed by atoms with E-state index in [1.54, 1.807) is 0 Å². The van der Waals surface area contributed by atoms with Crippen molar-refractivity contribution in [2.75, 3.05) is 11.9 Å². The molecule has 0 saturated carbocycles. The monoisotopic (exact) mass is 319 g/mol. The van der Waals surface area contributed by atoms with Crippen molar-refractivity contribution < 1.29 is 9.53 Å². The Bertz CT molecular complexity index is 837. The number of para-hydroxylation sites is 2. The molecular weight excluding hydrogens is 298 g/mol. The first-order chi connectivity index (χ1) is 11.8. The van der Waals surface area contributed by atoms with Crippen molar-refractivity contribution in [3.8, 4) is 5.75 Å². The molecule has 3 nitrogen and oxygen atoms in total. The first kappa shape index (κ1) is 16.1. The van der Waals surface area contributed by atoms with Crippen LogP contribution >= 0.6 is 0 Å². The second-order valence-corrected chi connectivity index (χ2v) is 5.71. The fourth-order valence-electron chi connectivity index (χ4n) is 2.72. The molecule has 0 aromatic heterocycles. The van der Waals surface area contributed by atoms with Gasteiger partial charge in [0.1, 0.15) is 5.75 Å². The number of amides is 1. The Morgan fingerprint density at radius 2 is 1.71 bits per heavy atom. The summed E-state index contributed by atoms with van der Waals surface area (Å²) in [6.45, 7) is 2.69. The summed E-state index contributed by atoms with van der Waals surface area (Å²) in [6, 6.07) is 21.7. The fourth-order valence-corrected chi connectivity index (χ4v) is 2.72. The number of carbonyl (C=O) groups excluding carboxylic acids is 1. The second-order valence-electron chi connectivity index (χ2n) is 5.71. The Morgan fingerprint density at radius 1 is 0.958 bits per heavy atom. The van der Waals surface area contributed by atoms with Gasteiger partial charge in [-0.3, -0.25) is 4.79 Å². The molecule has 3 heteroatoms. The van der Waals surface area contributed by atoms with E-state index in [0.29, 0.717) is 18.8 Å². The summed E-state index contributed by atoms with van der Waals surface area (Å²) in [4.78, 5) is 12.5. The van der Waals surface area contributed by atoms with Crippen LogP contribution in [-0.2, 0) is 11.2 Å². The topological polar surface area (TPSA) is 38.3 Å². The van der Waals surface area contributed by atoms with E-state index in [0.717, 1.165) is 28.4 Å². The van der Waals surface area contributed by atoms with Gasteiger partial charge in [0, 0.05) is 0 Å². The minimum atomic E-state index is -0.0427. The standard InChI is InChI=1S/C21H21NO2/c1-2-14-24-20-13-6-5-12-19(20)22-21(23)15-17-10-7-9-16-8-3-4-11-18(16)17/h3-13H,2,14-15H2,1H3,(H,22,23). The molecule has 0 spiro atoms. The minimum Gasteiger partial charge on any atom is -0.491 e. The molecule has 0 aliphatic rings. The Labute approximate surface area is 142 Å². The Morgan fingerprint density at radius 3 is 2.58 bits per heavy atom. The summed E-state index contributed by atoms with van der Waals surface area (Å²) < 4.78 is 5.69. The van der Waals surface area contributed by atoms with Crippen LogP contribution < -0.4 is 10.1 Å². The van der Waals surface area contributed by atoms with Crippen LogP contribution in [0, 0.1) is 0 Å². The molecule has 122 valence electrons. The average Bonchev–Trinajstić information content (AvgIpc) is 2.61. The number of anilines is 1. The van der Waals surface area contributed by atoms with Gasteiger partial charge < -0.3 is 10.1 Å². The predicted octanol–water partition coefficient (Wildman–Crippen LogP) is 4.81. The molecule has 0 aliphatic heterocycles. The molecule has 0 radical (unpaired) electrons. The maximum absolute atomic E-state index is 12.5. The van der Waals surface area contributed by atoms with Gasteiger partial charge in [-0.25, -0.2) is 0 Å². The number of fused-ring (bicyclic) bond motifs is 1. The summed E-state index contributed by atoms with van der Waals surface area (Å²) in [6.07, 6.45) is 1.27. The van der Waals surface area contributed by atoms with Gasteiger partial charge in [0.2, 0.25) is 5.91 Å². The van der Waals surface area contributed by atoms with Gasteiger partial charge in [-0.15, -0.1) is 0 Å². The lowest BCUT2D eigenvalue weighted by molar-refractivity contribution is -0.115. The number of ether oxygens (including phenoxy) is 1. The van der Waals surface area contributed by atoms with Crippen LogP contribution in [0.1, 0.15) is 18.9 Å². The highest BCUT2D eigenvalue weighted by Crippen LogP contribution is 2.25. The van der Waals surface area contributed by atoms with Crippen LogP contribution in [0.5, 0.6) is 5.75 Å². The van der Waals surface area contributed by atoms with Crippen LogP contribution in [0.4, 0.5) is 5.69 Å². The maximum atomic E-state index is 12.5. The lowest BCUT2D eigenvalue weighted by atomic mass is 10.0. The van der Waals surface area contributed by atoms with E-state index in [1.165, 1.54) is 0 Å². The van der Waals surface area contributed by atoms with Crippen molar-refractivity contribution in [2.24, 2.45) is 0 Å². The van der Waals surface area contributed by atoms with Gasteiger partial charge in [-0.2, -0.15) is 0 Å². The van der Waals surface area contributed by atoms with E-state index < -0.39 is 0 Å². The van der Waals surface area contributed by atoms with E-state index in [4.69, 9.17) is 4.74 Å². The van der Waals surface area contributed by atoms with Crippen molar-refractivity contribution >= 4 is 22.4 Å². The highest BCUT2D eigenvalue weighted by molar-refractivity contribution is 5.97. The number of nitrogens with one attached hydrogen (secondary N) is 1. The smallest absolute Gasteiger partial charge is 0.228 e. The summed E-state index contributed by atoms with van der Waals surface area (Å²) in [7, 11) is 0. The summed E-state index contributed by atoms with van der Waals surface area (Å²) >= 11 is 0. The van der Waals surface area contributed by atoms with Crippen molar-refractivity contribution in [1.29, 1.82) is 0 Å². The molecule has 3 aromatic rings. The van der Waals surface area contributed by atoms with Crippen LogP contribution in [0.15, 0.2) is 66.7 Å². The van der Waals surface area contributed by atoms with E-state index in [1.807, 2.05) is 48.5 Å². The van der Waals surface area contributed by atoms with Crippen molar-refractivity contribution in [3.63, 3.8) is 0 Å². The first-order valence-electron chi connectivity index (χ1n) is 8.26. The Kier molecular flexibility index (Phi) is 5.12. The van der Waals surface area contributed by atoms with Crippen LogP contribution in [0.2, 0.25) is 0 Å². The van der Waals surface area contributed by atoms with Crippen LogP contribution in [0.25, 0.3) is 10.8 Å².